The molecule has 26 heavy (non-hydrogen) atoms. The molecule has 1 aromatic carbocycles. The van der Waals surface area contributed by atoms with Gasteiger partial charge < -0.3 is 9.82 Å². The van der Waals surface area contributed by atoms with E-state index in [-0.39, 0.29) is 17.3 Å². The first-order chi connectivity index (χ1) is 12.7. The lowest BCUT2D eigenvalue weighted by molar-refractivity contribution is 0.186. The van der Waals surface area contributed by atoms with Gasteiger partial charge in [0.15, 0.2) is 0 Å². The molecule has 1 aliphatic heterocycles. The van der Waals surface area contributed by atoms with Gasteiger partial charge in [0.05, 0.1) is 5.71 Å². The van der Waals surface area contributed by atoms with Crippen molar-refractivity contribution in [1.82, 2.24) is 14.9 Å². The van der Waals surface area contributed by atoms with Crippen molar-refractivity contribution in [1.29, 1.82) is 0 Å². The SMILES string of the molecule is CO/N=C(\Cc1ccccc1F)C1CCN(Cc2ncc[nH]c2=O)CC1. The van der Waals surface area contributed by atoms with Gasteiger partial charge in [-0.25, -0.2) is 4.39 Å². The Morgan fingerprint density at radius 1 is 1.38 bits per heavy atom. The van der Waals surface area contributed by atoms with Crippen molar-refractivity contribution in [3.63, 3.8) is 0 Å². The molecule has 2 heterocycles. The normalized spacial score (nSPS) is 16.6. The van der Waals surface area contributed by atoms with Crippen LogP contribution >= 0.6 is 0 Å². The van der Waals surface area contributed by atoms with Crippen LogP contribution in [0.2, 0.25) is 0 Å². The van der Waals surface area contributed by atoms with Crippen molar-refractivity contribution < 1.29 is 9.23 Å². The van der Waals surface area contributed by atoms with Gasteiger partial charge in [0, 0.05) is 31.3 Å². The molecule has 1 fully saturated rings. The third-order valence-corrected chi connectivity index (χ3v) is 4.75. The minimum absolute atomic E-state index is 0.143. The van der Waals surface area contributed by atoms with Crippen LogP contribution in [0.4, 0.5) is 4.39 Å². The van der Waals surface area contributed by atoms with Crippen molar-refractivity contribution in [2.45, 2.75) is 25.8 Å². The van der Waals surface area contributed by atoms with Crippen LogP contribution in [0, 0.1) is 11.7 Å². The molecule has 1 N–H and O–H groups in total. The number of aromatic nitrogens is 2. The fourth-order valence-corrected chi connectivity index (χ4v) is 3.34. The van der Waals surface area contributed by atoms with Gasteiger partial charge in [-0.15, -0.1) is 0 Å². The summed E-state index contributed by atoms with van der Waals surface area (Å²) in [6.07, 6.45) is 5.36. The Bertz CT molecular complexity index is 813. The van der Waals surface area contributed by atoms with Crippen LogP contribution < -0.4 is 5.56 Å². The number of piperidine rings is 1. The molecule has 7 heteroatoms. The average Bonchev–Trinajstić information content (AvgIpc) is 2.66. The molecule has 0 amide bonds. The Balaban J connectivity index is 1.61. The van der Waals surface area contributed by atoms with Gasteiger partial charge in [0.1, 0.15) is 18.6 Å². The molecular weight excluding hydrogens is 335 g/mol. The van der Waals surface area contributed by atoms with Gasteiger partial charge in [-0.1, -0.05) is 23.4 Å². The number of hydrogen-bond donors (Lipinski definition) is 1. The predicted molar refractivity (Wildman–Crippen MR) is 97.4 cm³/mol. The topological polar surface area (TPSA) is 70.6 Å². The number of halogens is 1. The number of oxime groups is 1. The molecule has 0 unspecified atom stereocenters. The number of benzene rings is 1. The standard InChI is InChI=1S/C19H23FN4O2/c1-26-23-17(12-15-4-2-3-5-16(15)20)14-6-10-24(11-7-14)13-18-19(25)22-9-8-21-18/h2-5,8-9,14H,6-7,10-13H2,1H3,(H,22,25)/b23-17+. The summed E-state index contributed by atoms with van der Waals surface area (Å²) in [6, 6.07) is 6.76. The van der Waals surface area contributed by atoms with Crippen molar-refractivity contribution in [2.24, 2.45) is 11.1 Å². The molecule has 0 radical (unpaired) electrons. The zero-order valence-electron chi connectivity index (χ0n) is 14.8. The fraction of sp³-hybridized carbons (Fsp3) is 0.421. The molecule has 6 nitrogen and oxygen atoms in total. The van der Waals surface area contributed by atoms with Crippen LogP contribution in [0.15, 0.2) is 46.6 Å². The highest BCUT2D eigenvalue weighted by Gasteiger charge is 2.25. The maximum Gasteiger partial charge on any atom is 0.270 e. The van der Waals surface area contributed by atoms with Gasteiger partial charge in [0.2, 0.25) is 0 Å². The summed E-state index contributed by atoms with van der Waals surface area (Å²) in [5.41, 5.74) is 1.89. The molecule has 1 aliphatic rings. The molecule has 0 spiro atoms. The summed E-state index contributed by atoms with van der Waals surface area (Å²) >= 11 is 0. The molecule has 2 aromatic rings. The predicted octanol–water partition coefficient (Wildman–Crippen LogP) is 2.37. The molecule has 3 rings (SSSR count). The fourth-order valence-electron chi connectivity index (χ4n) is 3.34. The summed E-state index contributed by atoms with van der Waals surface area (Å²) in [6.45, 7) is 2.20. The van der Waals surface area contributed by atoms with E-state index in [1.165, 1.54) is 19.4 Å². The number of likely N-dealkylation sites (tertiary alicyclic amines) is 1. The highest BCUT2D eigenvalue weighted by Crippen LogP contribution is 2.22. The Hall–Kier alpha value is -2.54. The van der Waals surface area contributed by atoms with Crippen LogP contribution in [0.5, 0.6) is 0 Å². The van der Waals surface area contributed by atoms with Gasteiger partial charge >= 0.3 is 0 Å². The van der Waals surface area contributed by atoms with Crippen molar-refractivity contribution in [3.8, 4) is 0 Å². The second-order valence-corrected chi connectivity index (χ2v) is 6.45. The minimum Gasteiger partial charge on any atom is -0.399 e. The monoisotopic (exact) mass is 358 g/mol. The van der Waals surface area contributed by atoms with E-state index >= 15 is 0 Å². The first-order valence-corrected chi connectivity index (χ1v) is 8.75. The van der Waals surface area contributed by atoms with Gasteiger partial charge in [-0.3, -0.25) is 14.7 Å². The smallest absolute Gasteiger partial charge is 0.270 e. The van der Waals surface area contributed by atoms with E-state index in [0.717, 1.165) is 31.6 Å². The van der Waals surface area contributed by atoms with Crippen molar-refractivity contribution in [3.05, 3.63) is 64.1 Å². The Morgan fingerprint density at radius 3 is 2.85 bits per heavy atom. The zero-order valence-corrected chi connectivity index (χ0v) is 14.8. The second-order valence-electron chi connectivity index (χ2n) is 6.45. The van der Waals surface area contributed by atoms with Crippen molar-refractivity contribution >= 4 is 5.71 Å². The van der Waals surface area contributed by atoms with E-state index in [0.29, 0.717) is 24.2 Å². The Labute approximate surface area is 151 Å². The molecule has 0 aliphatic carbocycles. The number of aromatic amines is 1. The largest absolute Gasteiger partial charge is 0.399 e. The third kappa shape index (κ3) is 4.54. The van der Waals surface area contributed by atoms with E-state index < -0.39 is 0 Å². The van der Waals surface area contributed by atoms with Crippen LogP contribution in [0.1, 0.15) is 24.1 Å². The van der Waals surface area contributed by atoms with Crippen LogP contribution in [0.3, 0.4) is 0 Å². The lowest BCUT2D eigenvalue weighted by Gasteiger charge is -2.32. The van der Waals surface area contributed by atoms with E-state index in [4.69, 9.17) is 4.84 Å². The molecule has 1 aromatic heterocycles. The number of rotatable bonds is 6. The molecule has 1 saturated heterocycles. The first kappa shape index (κ1) is 18.3. The third-order valence-electron chi connectivity index (χ3n) is 4.75. The molecule has 0 bridgehead atoms. The lowest BCUT2D eigenvalue weighted by Crippen LogP contribution is -2.38. The Kier molecular flexibility index (Phi) is 6.12. The highest BCUT2D eigenvalue weighted by atomic mass is 19.1. The summed E-state index contributed by atoms with van der Waals surface area (Å²) < 4.78 is 14.0. The quantitative estimate of drug-likeness (QED) is 0.636. The molecule has 138 valence electrons. The maximum atomic E-state index is 14.0. The van der Waals surface area contributed by atoms with Gasteiger partial charge in [-0.05, 0) is 37.6 Å². The minimum atomic E-state index is -0.219. The summed E-state index contributed by atoms with van der Waals surface area (Å²) in [5.74, 6) is 0.0240. The van der Waals surface area contributed by atoms with Crippen LogP contribution in [0.25, 0.3) is 0 Å². The zero-order chi connectivity index (χ0) is 18.4. The lowest BCUT2D eigenvalue weighted by atomic mass is 9.88. The summed E-state index contributed by atoms with van der Waals surface area (Å²) in [5, 5.41) is 4.17. The number of H-pyrrole nitrogens is 1. The first-order valence-electron chi connectivity index (χ1n) is 8.75. The van der Waals surface area contributed by atoms with E-state index in [1.54, 1.807) is 18.3 Å². The van der Waals surface area contributed by atoms with E-state index in [9.17, 15) is 9.18 Å². The summed E-state index contributed by atoms with van der Waals surface area (Å²) in [7, 11) is 1.52. The number of nitrogens with zero attached hydrogens (tertiary/aromatic N) is 3. The number of hydrogen-bond acceptors (Lipinski definition) is 5. The number of nitrogens with one attached hydrogen (secondary N) is 1. The van der Waals surface area contributed by atoms with Crippen LogP contribution in [-0.4, -0.2) is 40.8 Å². The second kappa shape index (κ2) is 8.71. The van der Waals surface area contributed by atoms with Gasteiger partial charge in [-0.2, -0.15) is 0 Å². The maximum absolute atomic E-state index is 14.0. The van der Waals surface area contributed by atoms with E-state index in [1.807, 2.05) is 6.07 Å². The molecule has 0 saturated carbocycles. The highest BCUT2D eigenvalue weighted by molar-refractivity contribution is 5.88. The van der Waals surface area contributed by atoms with E-state index in [2.05, 4.69) is 20.0 Å². The van der Waals surface area contributed by atoms with Gasteiger partial charge in [0.25, 0.3) is 5.56 Å². The van der Waals surface area contributed by atoms with Crippen LogP contribution in [-0.2, 0) is 17.8 Å². The molecule has 0 atom stereocenters. The summed E-state index contributed by atoms with van der Waals surface area (Å²) in [4.78, 5) is 25.8. The Morgan fingerprint density at radius 2 is 2.15 bits per heavy atom. The van der Waals surface area contributed by atoms with Crippen molar-refractivity contribution in [2.75, 3.05) is 20.2 Å². The molecular formula is C19H23FN4O2. The average molecular weight is 358 g/mol.